The molecule has 0 aliphatic rings. The summed E-state index contributed by atoms with van der Waals surface area (Å²) in [7, 11) is 0. The van der Waals surface area contributed by atoms with Crippen molar-refractivity contribution in [3.8, 4) is 0 Å². The summed E-state index contributed by atoms with van der Waals surface area (Å²) in [5.74, 6) is -0.0673. The number of nitrogens with zero attached hydrogens (tertiary/aromatic N) is 2. The Hall–Kier alpha value is -2.91. The van der Waals surface area contributed by atoms with E-state index in [9.17, 15) is 4.79 Å². The molecular formula is C24H23ClN2O. The third kappa shape index (κ3) is 5.54. The van der Waals surface area contributed by atoms with Crippen LogP contribution in [0.2, 0.25) is 5.02 Å². The zero-order valence-corrected chi connectivity index (χ0v) is 16.6. The van der Waals surface area contributed by atoms with Gasteiger partial charge in [-0.2, -0.15) is 0 Å². The van der Waals surface area contributed by atoms with Crippen LogP contribution < -0.4 is 0 Å². The predicted molar refractivity (Wildman–Crippen MR) is 115 cm³/mol. The Bertz CT molecular complexity index is 939. The third-order valence-corrected chi connectivity index (χ3v) is 4.74. The highest BCUT2D eigenvalue weighted by Crippen LogP contribution is 2.18. The Labute approximate surface area is 171 Å². The van der Waals surface area contributed by atoms with Crippen molar-refractivity contribution in [3.63, 3.8) is 0 Å². The van der Waals surface area contributed by atoms with Crippen LogP contribution in [-0.4, -0.2) is 28.9 Å². The standard InChI is InChI=1S/C24H23ClN2O/c1-19(17-20-9-3-2-4-10-20)18-27(16-14-21-11-7-8-15-26-21)24(28)22-12-5-6-13-23(22)25/h2-13,15,17H,14,16,18H2,1H3/b19-17+. The van der Waals surface area contributed by atoms with Gasteiger partial charge in [-0.15, -0.1) is 0 Å². The van der Waals surface area contributed by atoms with Gasteiger partial charge in [-0.05, 0) is 36.8 Å². The van der Waals surface area contributed by atoms with Crippen LogP contribution in [0, 0.1) is 0 Å². The minimum absolute atomic E-state index is 0.0673. The van der Waals surface area contributed by atoms with E-state index in [0.717, 1.165) is 16.8 Å². The number of hydrogen-bond donors (Lipinski definition) is 0. The Morgan fingerprint density at radius 2 is 1.71 bits per heavy atom. The molecule has 0 N–H and O–H groups in total. The summed E-state index contributed by atoms with van der Waals surface area (Å²) in [6.45, 7) is 3.15. The van der Waals surface area contributed by atoms with Gasteiger partial charge in [0.15, 0.2) is 0 Å². The number of carbonyl (C=O) groups excluding carboxylic acids is 1. The molecule has 0 aliphatic carbocycles. The monoisotopic (exact) mass is 390 g/mol. The van der Waals surface area contributed by atoms with Crippen LogP contribution in [0.3, 0.4) is 0 Å². The molecule has 28 heavy (non-hydrogen) atoms. The zero-order chi connectivity index (χ0) is 19.8. The Balaban J connectivity index is 1.80. The smallest absolute Gasteiger partial charge is 0.255 e. The number of halogens is 1. The first-order valence-corrected chi connectivity index (χ1v) is 9.67. The summed E-state index contributed by atoms with van der Waals surface area (Å²) in [6, 6.07) is 23.1. The third-order valence-electron chi connectivity index (χ3n) is 4.41. The largest absolute Gasteiger partial charge is 0.334 e. The number of pyridine rings is 1. The number of hydrogen-bond acceptors (Lipinski definition) is 2. The van der Waals surface area contributed by atoms with Gasteiger partial charge in [0.05, 0.1) is 10.6 Å². The normalized spacial score (nSPS) is 11.3. The number of amides is 1. The fourth-order valence-corrected chi connectivity index (χ4v) is 3.25. The number of carbonyl (C=O) groups is 1. The molecule has 0 fully saturated rings. The summed E-state index contributed by atoms with van der Waals surface area (Å²) in [6.07, 6.45) is 4.57. The van der Waals surface area contributed by atoms with Crippen LogP contribution in [0.1, 0.15) is 28.5 Å². The van der Waals surface area contributed by atoms with Crippen LogP contribution >= 0.6 is 11.6 Å². The van der Waals surface area contributed by atoms with Gasteiger partial charge in [0, 0.05) is 31.4 Å². The van der Waals surface area contributed by atoms with E-state index in [0.29, 0.717) is 30.1 Å². The number of rotatable bonds is 7. The summed E-state index contributed by atoms with van der Waals surface area (Å²) in [5.41, 5.74) is 3.71. The molecule has 0 saturated heterocycles. The maximum Gasteiger partial charge on any atom is 0.255 e. The van der Waals surface area contributed by atoms with Crippen LogP contribution in [0.4, 0.5) is 0 Å². The second-order valence-corrected chi connectivity index (χ2v) is 7.09. The molecule has 0 bridgehead atoms. The molecule has 1 amide bonds. The molecule has 0 radical (unpaired) electrons. The molecule has 0 atom stereocenters. The molecule has 0 spiro atoms. The Morgan fingerprint density at radius 1 is 1.00 bits per heavy atom. The topological polar surface area (TPSA) is 33.2 Å². The summed E-state index contributed by atoms with van der Waals surface area (Å²) in [4.78, 5) is 19.4. The van der Waals surface area contributed by atoms with Gasteiger partial charge in [0.25, 0.3) is 5.91 Å². The highest BCUT2D eigenvalue weighted by Gasteiger charge is 2.18. The number of benzene rings is 2. The van der Waals surface area contributed by atoms with Gasteiger partial charge in [-0.25, -0.2) is 0 Å². The lowest BCUT2D eigenvalue weighted by atomic mass is 10.1. The quantitative estimate of drug-likeness (QED) is 0.531. The molecule has 4 heteroatoms. The summed E-state index contributed by atoms with van der Waals surface area (Å²) in [5, 5.41) is 0.472. The summed E-state index contributed by atoms with van der Waals surface area (Å²) >= 11 is 6.27. The zero-order valence-electron chi connectivity index (χ0n) is 15.9. The van der Waals surface area contributed by atoms with E-state index in [2.05, 4.69) is 23.2 Å². The number of aromatic nitrogens is 1. The predicted octanol–water partition coefficient (Wildman–Crippen LogP) is 5.52. The van der Waals surface area contributed by atoms with Crippen LogP contribution in [0.15, 0.2) is 84.6 Å². The van der Waals surface area contributed by atoms with Crippen LogP contribution in [0.25, 0.3) is 6.08 Å². The van der Waals surface area contributed by atoms with E-state index < -0.39 is 0 Å². The van der Waals surface area contributed by atoms with Gasteiger partial charge < -0.3 is 4.90 Å². The van der Waals surface area contributed by atoms with Gasteiger partial charge in [-0.1, -0.05) is 71.8 Å². The second kappa shape index (κ2) is 9.86. The molecule has 0 saturated carbocycles. The van der Waals surface area contributed by atoms with Crippen molar-refractivity contribution in [3.05, 3.63) is 106 Å². The summed E-state index contributed by atoms with van der Waals surface area (Å²) < 4.78 is 0. The maximum absolute atomic E-state index is 13.2. The highest BCUT2D eigenvalue weighted by atomic mass is 35.5. The lowest BCUT2D eigenvalue weighted by Crippen LogP contribution is -2.34. The molecule has 2 aromatic carbocycles. The van der Waals surface area contributed by atoms with Gasteiger partial charge in [-0.3, -0.25) is 9.78 Å². The molecule has 3 nitrogen and oxygen atoms in total. The van der Waals surface area contributed by atoms with Gasteiger partial charge >= 0.3 is 0 Å². The van der Waals surface area contributed by atoms with Crippen molar-refractivity contribution >= 4 is 23.6 Å². The molecule has 0 unspecified atom stereocenters. The molecule has 1 heterocycles. The van der Waals surface area contributed by atoms with Crippen molar-refractivity contribution in [1.82, 2.24) is 9.88 Å². The van der Waals surface area contributed by atoms with Crippen molar-refractivity contribution in [1.29, 1.82) is 0 Å². The molecule has 3 rings (SSSR count). The van der Waals surface area contributed by atoms with Crippen LogP contribution in [0.5, 0.6) is 0 Å². The van der Waals surface area contributed by atoms with E-state index in [4.69, 9.17) is 11.6 Å². The van der Waals surface area contributed by atoms with Gasteiger partial charge in [0.1, 0.15) is 0 Å². The first kappa shape index (κ1) is 19.8. The molecule has 1 aromatic heterocycles. The molecule has 0 aliphatic heterocycles. The SMILES string of the molecule is C/C(=C\c1ccccc1)CN(CCc1ccccn1)C(=O)c1ccccc1Cl. The van der Waals surface area contributed by atoms with Crippen molar-refractivity contribution in [2.24, 2.45) is 0 Å². The van der Waals surface area contributed by atoms with E-state index in [-0.39, 0.29) is 5.91 Å². The molecular weight excluding hydrogens is 368 g/mol. The lowest BCUT2D eigenvalue weighted by Gasteiger charge is -2.24. The maximum atomic E-state index is 13.2. The minimum Gasteiger partial charge on any atom is -0.334 e. The fraction of sp³-hybridized carbons (Fsp3) is 0.167. The Kier molecular flexibility index (Phi) is 6.99. The highest BCUT2D eigenvalue weighted by molar-refractivity contribution is 6.33. The average molecular weight is 391 g/mol. The van der Waals surface area contributed by atoms with E-state index in [1.54, 1.807) is 18.3 Å². The van der Waals surface area contributed by atoms with E-state index in [1.807, 2.05) is 60.4 Å². The first-order chi connectivity index (χ1) is 13.6. The van der Waals surface area contributed by atoms with E-state index >= 15 is 0 Å². The van der Waals surface area contributed by atoms with Crippen molar-refractivity contribution in [2.45, 2.75) is 13.3 Å². The average Bonchev–Trinajstić information content (AvgIpc) is 2.72. The Morgan fingerprint density at radius 3 is 2.43 bits per heavy atom. The van der Waals surface area contributed by atoms with Crippen LogP contribution in [-0.2, 0) is 6.42 Å². The lowest BCUT2D eigenvalue weighted by molar-refractivity contribution is 0.0772. The molecule has 3 aromatic rings. The van der Waals surface area contributed by atoms with Gasteiger partial charge in [0.2, 0.25) is 0 Å². The first-order valence-electron chi connectivity index (χ1n) is 9.29. The second-order valence-electron chi connectivity index (χ2n) is 6.68. The molecule has 142 valence electrons. The minimum atomic E-state index is -0.0673. The fourth-order valence-electron chi connectivity index (χ4n) is 3.03. The van der Waals surface area contributed by atoms with Crippen molar-refractivity contribution in [2.75, 3.05) is 13.1 Å². The van der Waals surface area contributed by atoms with E-state index in [1.165, 1.54) is 0 Å². The van der Waals surface area contributed by atoms with Crippen molar-refractivity contribution < 1.29 is 4.79 Å².